The fourth-order valence-electron chi connectivity index (χ4n) is 4.05. The van der Waals surface area contributed by atoms with E-state index in [1.807, 2.05) is 57.2 Å². The highest BCUT2D eigenvalue weighted by Crippen LogP contribution is 2.25. The maximum Gasteiger partial charge on any atom is 0.338 e. The number of hydrogen-bond donors (Lipinski definition) is 1. The Morgan fingerprint density at radius 2 is 1.00 bits per heavy atom. The molecule has 3 unspecified atom stereocenters. The van der Waals surface area contributed by atoms with Crippen molar-refractivity contribution in [3.05, 3.63) is 95.1 Å². The van der Waals surface area contributed by atoms with Crippen LogP contribution in [0.1, 0.15) is 154 Å². The summed E-state index contributed by atoms with van der Waals surface area (Å²) in [5.41, 5.74) is 4.06. The van der Waals surface area contributed by atoms with Crippen molar-refractivity contribution in [1.82, 2.24) is 0 Å². The second-order valence-electron chi connectivity index (χ2n) is 13.4. The first kappa shape index (κ1) is 38.8. The number of ether oxygens (including phenoxy) is 2. The minimum absolute atomic E-state index is 0.0715. The van der Waals surface area contributed by atoms with Crippen LogP contribution in [0.25, 0.3) is 0 Å². The molecule has 0 aliphatic heterocycles. The Kier molecular flexibility index (Phi) is 16.3. The molecule has 0 amide bonds. The Labute approximate surface area is 269 Å². The average Bonchev–Trinajstić information content (AvgIpc) is 3.00. The van der Waals surface area contributed by atoms with Crippen LogP contribution in [0.5, 0.6) is 11.5 Å². The molecule has 4 nitrogen and oxygen atoms in total. The monoisotopic (exact) mass is 604 g/mol. The molecule has 0 bridgehead atoms. The third-order valence-electron chi connectivity index (χ3n) is 8.11. The third-order valence-corrected chi connectivity index (χ3v) is 8.11. The van der Waals surface area contributed by atoms with E-state index in [-0.39, 0.29) is 11.6 Å². The highest BCUT2D eigenvalue weighted by molar-refractivity contribution is 5.89. The van der Waals surface area contributed by atoms with Crippen molar-refractivity contribution in [3.8, 4) is 11.5 Å². The minimum atomic E-state index is -0.438. The molecule has 3 atom stereocenters. The molecule has 44 heavy (non-hydrogen) atoms. The summed E-state index contributed by atoms with van der Waals surface area (Å²) in [5.74, 6) is 2.82. The lowest BCUT2D eigenvalue weighted by Gasteiger charge is -2.25. The zero-order valence-corrected chi connectivity index (χ0v) is 29.7. The lowest BCUT2D eigenvalue weighted by atomic mass is 9.98. The summed E-state index contributed by atoms with van der Waals surface area (Å²) in [4.78, 5) is 11.8. The van der Waals surface area contributed by atoms with Gasteiger partial charge in [0, 0.05) is 0 Å². The highest BCUT2D eigenvalue weighted by atomic mass is 16.6. The molecule has 3 aromatic carbocycles. The van der Waals surface area contributed by atoms with Gasteiger partial charge in [-0.2, -0.15) is 0 Å². The van der Waals surface area contributed by atoms with Gasteiger partial charge in [-0.25, -0.2) is 4.79 Å². The molecule has 4 heteroatoms. The largest absolute Gasteiger partial charge is 0.508 e. The summed E-state index contributed by atoms with van der Waals surface area (Å²) in [7, 11) is 0. The summed E-state index contributed by atoms with van der Waals surface area (Å²) in [6.07, 6.45) is 4.44. The van der Waals surface area contributed by atoms with Gasteiger partial charge in [-0.1, -0.05) is 84.9 Å². The van der Waals surface area contributed by atoms with Gasteiger partial charge in [-0.3, -0.25) is 0 Å². The van der Waals surface area contributed by atoms with E-state index in [1.54, 1.807) is 12.1 Å². The van der Waals surface area contributed by atoms with Gasteiger partial charge in [0.1, 0.15) is 22.7 Å². The predicted molar refractivity (Wildman–Crippen MR) is 187 cm³/mol. The van der Waals surface area contributed by atoms with Gasteiger partial charge in [0.05, 0.1) is 5.56 Å². The molecule has 0 radical (unpaired) electrons. The van der Waals surface area contributed by atoms with E-state index in [0.29, 0.717) is 29.1 Å². The Balaban J connectivity index is 0.000000338. The van der Waals surface area contributed by atoms with Crippen LogP contribution < -0.4 is 4.74 Å². The van der Waals surface area contributed by atoms with E-state index in [9.17, 15) is 4.79 Å². The van der Waals surface area contributed by atoms with Gasteiger partial charge in [0.15, 0.2) is 0 Å². The molecule has 0 aliphatic carbocycles. The van der Waals surface area contributed by atoms with Crippen molar-refractivity contribution in [2.24, 2.45) is 0 Å². The number of carbonyl (C=O) groups is 1. The highest BCUT2D eigenvalue weighted by Gasteiger charge is 2.18. The van der Waals surface area contributed by atoms with E-state index in [4.69, 9.17) is 14.6 Å². The molecule has 0 saturated heterocycles. The molecule has 0 fully saturated rings. The number of rotatable bonds is 10. The van der Waals surface area contributed by atoms with E-state index >= 15 is 0 Å². The number of carbonyl (C=O) groups excluding carboxylic acids is 1. The first-order chi connectivity index (χ1) is 20.5. The van der Waals surface area contributed by atoms with Crippen LogP contribution in [0.2, 0.25) is 0 Å². The Bertz CT molecular complexity index is 1200. The smallest absolute Gasteiger partial charge is 0.338 e. The Morgan fingerprint density at radius 1 is 0.636 bits per heavy atom. The average molecular weight is 605 g/mol. The normalized spacial score (nSPS) is 13.3. The summed E-state index contributed by atoms with van der Waals surface area (Å²) in [6, 6.07) is 23.6. The summed E-state index contributed by atoms with van der Waals surface area (Å²) in [6.45, 7) is 25.2. The van der Waals surface area contributed by atoms with Crippen LogP contribution in [-0.4, -0.2) is 22.3 Å². The summed E-state index contributed by atoms with van der Waals surface area (Å²) < 4.78 is 11.2. The van der Waals surface area contributed by atoms with Crippen LogP contribution in [0.3, 0.4) is 0 Å². The fraction of sp³-hybridized carbons (Fsp3) is 0.525. The zero-order chi connectivity index (χ0) is 33.5. The van der Waals surface area contributed by atoms with Crippen molar-refractivity contribution in [1.29, 1.82) is 0 Å². The maximum atomic E-state index is 11.8. The fourth-order valence-corrected chi connectivity index (χ4v) is 4.05. The third kappa shape index (κ3) is 14.5. The molecule has 0 saturated carbocycles. The molecule has 0 heterocycles. The van der Waals surface area contributed by atoms with Crippen molar-refractivity contribution >= 4 is 5.97 Å². The number of hydrogen-bond acceptors (Lipinski definition) is 4. The molecular formula is C40H60O4. The van der Waals surface area contributed by atoms with Gasteiger partial charge < -0.3 is 14.6 Å². The minimum Gasteiger partial charge on any atom is -0.508 e. The van der Waals surface area contributed by atoms with Crippen molar-refractivity contribution in [2.45, 2.75) is 138 Å². The molecule has 3 aromatic rings. The van der Waals surface area contributed by atoms with Gasteiger partial charge in [0.2, 0.25) is 0 Å². The van der Waals surface area contributed by atoms with Gasteiger partial charge >= 0.3 is 5.97 Å². The lowest BCUT2D eigenvalue weighted by molar-refractivity contribution is 0.00694. The molecular weight excluding hydrogens is 544 g/mol. The second-order valence-corrected chi connectivity index (χ2v) is 13.4. The van der Waals surface area contributed by atoms with Crippen LogP contribution in [0.15, 0.2) is 72.8 Å². The van der Waals surface area contributed by atoms with Crippen LogP contribution in [-0.2, 0) is 4.74 Å². The molecule has 0 aliphatic rings. The number of phenols is 1. The van der Waals surface area contributed by atoms with Crippen LogP contribution in [0.4, 0.5) is 0 Å². The van der Waals surface area contributed by atoms with E-state index in [0.717, 1.165) is 25.0 Å². The van der Waals surface area contributed by atoms with Gasteiger partial charge in [0.25, 0.3) is 0 Å². The van der Waals surface area contributed by atoms with E-state index < -0.39 is 5.60 Å². The van der Waals surface area contributed by atoms with Crippen molar-refractivity contribution in [3.63, 3.8) is 0 Å². The number of benzene rings is 3. The van der Waals surface area contributed by atoms with E-state index in [2.05, 4.69) is 86.6 Å². The number of esters is 1. The lowest BCUT2D eigenvalue weighted by Crippen LogP contribution is -2.26. The Morgan fingerprint density at radius 3 is 1.34 bits per heavy atom. The second kappa shape index (κ2) is 18.5. The molecule has 0 spiro atoms. The summed E-state index contributed by atoms with van der Waals surface area (Å²) >= 11 is 0. The first-order valence-corrected chi connectivity index (χ1v) is 16.5. The quantitative estimate of drug-likeness (QED) is 0.234. The van der Waals surface area contributed by atoms with Crippen molar-refractivity contribution in [2.75, 3.05) is 0 Å². The standard InChI is InChI=1S/C15H22O2.C15H24O.C10H14O/c1-6-11(2)12-7-9-13(10-8-12)14(16)17-15(3,4)5;1-6-12(3)13-8-10-14(11-9-13)16-15(4,5)7-2;1-3-8(2)9-4-6-10(11)7-5-9/h7-11H,6H2,1-5H3;8-12H,6-7H2,1-5H3;4-8,11H,3H2,1-2H3. The Hall–Kier alpha value is -3.27. The number of phenolic OH excluding ortho intramolecular Hbond substituents is 1. The predicted octanol–water partition coefficient (Wildman–Crippen LogP) is 11.8. The van der Waals surface area contributed by atoms with Gasteiger partial charge in [-0.05, 0) is 131 Å². The van der Waals surface area contributed by atoms with Crippen LogP contribution in [0, 0.1) is 0 Å². The van der Waals surface area contributed by atoms with Crippen molar-refractivity contribution < 1.29 is 19.4 Å². The maximum absolute atomic E-state index is 11.8. The first-order valence-electron chi connectivity index (χ1n) is 16.5. The molecule has 0 aromatic heterocycles. The zero-order valence-electron chi connectivity index (χ0n) is 29.7. The molecule has 244 valence electrons. The molecule has 1 N–H and O–H groups in total. The molecule has 3 rings (SSSR count). The summed E-state index contributed by atoms with van der Waals surface area (Å²) in [5, 5.41) is 9.01. The van der Waals surface area contributed by atoms with Gasteiger partial charge in [-0.15, -0.1) is 0 Å². The SMILES string of the molecule is CCC(C)c1ccc(C(=O)OC(C)(C)C)cc1.CCC(C)c1ccc(O)cc1.CCC(C)c1ccc(OC(C)(C)CC)cc1. The van der Waals surface area contributed by atoms with E-state index in [1.165, 1.54) is 23.1 Å². The number of aromatic hydroxyl groups is 1. The van der Waals surface area contributed by atoms with Crippen LogP contribution >= 0.6 is 0 Å². The topological polar surface area (TPSA) is 55.8 Å².